The molecule has 2 N–H and O–H groups in total. The Labute approximate surface area is 172 Å². The molecule has 12 heteroatoms. The number of ether oxygens (including phenoxy) is 4. The molecule has 0 aromatic rings. The van der Waals surface area contributed by atoms with Gasteiger partial charge in [-0.2, -0.15) is 0 Å². The van der Waals surface area contributed by atoms with Crippen LogP contribution in [0.3, 0.4) is 0 Å². The first-order chi connectivity index (χ1) is 12.7. The van der Waals surface area contributed by atoms with Crippen molar-refractivity contribution in [1.29, 1.82) is 0 Å². The van der Waals surface area contributed by atoms with E-state index in [4.69, 9.17) is 9.47 Å². The molecule has 0 rings (SSSR count). The number of carbonyl (C=O) groups excluding carboxylic acids is 4. The van der Waals surface area contributed by atoms with Gasteiger partial charge in [0.25, 0.3) is 0 Å². The lowest BCUT2D eigenvalue weighted by atomic mass is 10.2. The van der Waals surface area contributed by atoms with Gasteiger partial charge in [-0.1, -0.05) is 21.6 Å². The topological polar surface area (TPSA) is 129 Å². The third-order valence-electron chi connectivity index (χ3n) is 2.37. The summed E-state index contributed by atoms with van der Waals surface area (Å²) in [4.78, 5) is 47.7. The Morgan fingerprint density at radius 2 is 0.964 bits per heavy atom. The molecule has 0 bridgehead atoms. The highest BCUT2D eigenvalue weighted by Crippen LogP contribution is 2.31. The predicted molar refractivity (Wildman–Crippen MR) is 106 cm³/mol. The zero-order valence-corrected chi connectivity index (χ0v) is 18.9. The van der Waals surface area contributed by atoms with Crippen LogP contribution in [0.4, 0.5) is 9.59 Å². The summed E-state index contributed by atoms with van der Waals surface area (Å²) in [6.07, 6.45) is -1.68. The van der Waals surface area contributed by atoms with Crippen molar-refractivity contribution >= 4 is 45.7 Å². The molecule has 0 aromatic carbocycles. The number of hydrogen-bond donors (Lipinski definition) is 2. The van der Waals surface area contributed by atoms with Crippen molar-refractivity contribution in [3.05, 3.63) is 0 Å². The molecule has 0 radical (unpaired) electrons. The number of nitrogens with one attached hydrogen (secondary N) is 2. The fourth-order valence-electron chi connectivity index (χ4n) is 1.40. The molecule has 0 heterocycles. The standard InChI is InChI=1S/C16H28N2O8S2/c1-15(2,3)25-13(21)17-9(11(19)23-7)27-28-10(12(20)24-8)18-14(22)26-16(4,5)6/h9-10H,1-8H3,(H,17,21)(H,18,22). The number of carbonyl (C=O) groups is 4. The summed E-state index contributed by atoms with van der Waals surface area (Å²) in [6.45, 7) is 10.00. The van der Waals surface area contributed by atoms with Crippen molar-refractivity contribution in [2.24, 2.45) is 0 Å². The van der Waals surface area contributed by atoms with Gasteiger partial charge in [-0.15, -0.1) is 0 Å². The van der Waals surface area contributed by atoms with Gasteiger partial charge in [0, 0.05) is 0 Å². The Hall–Kier alpha value is -1.82. The van der Waals surface area contributed by atoms with Gasteiger partial charge in [0.05, 0.1) is 14.2 Å². The van der Waals surface area contributed by atoms with E-state index in [2.05, 4.69) is 20.1 Å². The van der Waals surface area contributed by atoms with Crippen molar-refractivity contribution in [2.45, 2.75) is 63.5 Å². The average molecular weight is 441 g/mol. The maximum absolute atomic E-state index is 11.9. The number of esters is 2. The van der Waals surface area contributed by atoms with Gasteiger partial charge >= 0.3 is 24.1 Å². The monoisotopic (exact) mass is 440 g/mol. The second-order valence-electron chi connectivity index (χ2n) is 7.29. The lowest BCUT2D eigenvalue weighted by molar-refractivity contribution is -0.141. The maximum atomic E-state index is 11.9. The van der Waals surface area contributed by atoms with Crippen LogP contribution in [0.15, 0.2) is 0 Å². The highest BCUT2D eigenvalue weighted by atomic mass is 33.1. The average Bonchev–Trinajstić information content (AvgIpc) is 2.52. The molecular formula is C16H28N2O8S2. The molecule has 0 fully saturated rings. The highest BCUT2D eigenvalue weighted by Gasteiger charge is 2.31. The number of alkyl carbamates (subject to hydrolysis) is 2. The predicted octanol–water partition coefficient (Wildman–Crippen LogP) is 2.42. The van der Waals surface area contributed by atoms with E-state index in [1.165, 1.54) is 0 Å². The molecule has 0 aliphatic carbocycles. The molecule has 10 nitrogen and oxygen atoms in total. The molecular weight excluding hydrogens is 412 g/mol. The highest BCUT2D eigenvalue weighted by molar-refractivity contribution is 8.77. The molecule has 162 valence electrons. The zero-order chi connectivity index (χ0) is 22.1. The van der Waals surface area contributed by atoms with Gasteiger partial charge in [-0.3, -0.25) is 10.6 Å². The molecule has 0 spiro atoms. The number of rotatable bonds is 7. The minimum absolute atomic E-state index is 0.768. The van der Waals surface area contributed by atoms with Crippen molar-refractivity contribution in [2.75, 3.05) is 14.2 Å². The van der Waals surface area contributed by atoms with Crippen molar-refractivity contribution in [3.63, 3.8) is 0 Å². The van der Waals surface area contributed by atoms with E-state index in [1.54, 1.807) is 41.5 Å². The molecule has 2 atom stereocenters. The Balaban J connectivity index is 5.06. The lowest BCUT2D eigenvalue weighted by Crippen LogP contribution is -2.44. The summed E-state index contributed by atoms with van der Waals surface area (Å²) in [5.74, 6) is -1.55. The van der Waals surface area contributed by atoms with Crippen molar-refractivity contribution in [3.8, 4) is 0 Å². The van der Waals surface area contributed by atoms with Gasteiger partial charge in [-0.25, -0.2) is 19.2 Å². The van der Waals surface area contributed by atoms with Crippen LogP contribution in [0.1, 0.15) is 41.5 Å². The first kappa shape index (κ1) is 26.2. The largest absolute Gasteiger partial charge is 0.467 e. The molecule has 0 saturated carbocycles. The van der Waals surface area contributed by atoms with Crippen molar-refractivity contribution in [1.82, 2.24) is 10.6 Å². The minimum Gasteiger partial charge on any atom is -0.467 e. The fourth-order valence-corrected chi connectivity index (χ4v) is 3.69. The number of amides is 2. The van der Waals surface area contributed by atoms with E-state index in [0.29, 0.717) is 0 Å². The Morgan fingerprint density at radius 3 is 1.18 bits per heavy atom. The van der Waals surface area contributed by atoms with E-state index < -0.39 is 46.1 Å². The maximum Gasteiger partial charge on any atom is 0.409 e. The minimum atomic E-state index is -1.20. The third-order valence-corrected chi connectivity index (χ3v) is 4.98. The van der Waals surface area contributed by atoms with Gasteiger partial charge in [0.1, 0.15) is 11.2 Å². The Bertz CT molecular complexity index is 522. The first-order valence-electron chi connectivity index (χ1n) is 8.15. The number of methoxy groups -OCH3 is 2. The van der Waals surface area contributed by atoms with E-state index in [0.717, 1.165) is 35.8 Å². The van der Waals surface area contributed by atoms with Crippen LogP contribution >= 0.6 is 21.6 Å². The summed E-state index contributed by atoms with van der Waals surface area (Å²) < 4.78 is 19.5. The molecule has 2 amide bonds. The van der Waals surface area contributed by atoms with E-state index in [9.17, 15) is 19.2 Å². The molecule has 0 aliphatic heterocycles. The van der Waals surface area contributed by atoms with Crippen LogP contribution in [0.25, 0.3) is 0 Å². The van der Waals surface area contributed by atoms with Crippen LogP contribution in [-0.4, -0.2) is 60.3 Å². The van der Waals surface area contributed by atoms with Gasteiger partial charge in [-0.05, 0) is 41.5 Å². The second-order valence-corrected chi connectivity index (χ2v) is 9.77. The van der Waals surface area contributed by atoms with Gasteiger partial charge < -0.3 is 18.9 Å². The molecule has 2 unspecified atom stereocenters. The van der Waals surface area contributed by atoms with E-state index in [1.807, 2.05) is 0 Å². The molecule has 0 aliphatic rings. The second kappa shape index (κ2) is 11.2. The normalized spacial score (nSPS) is 13.6. The quantitative estimate of drug-likeness (QED) is 0.263. The van der Waals surface area contributed by atoms with Crippen molar-refractivity contribution < 1.29 is 38.1 Å². The summed E-state index contributed by atoms with van der Waals surface area (Å²) in [6, 6.07) is 0. The van der Waals surface area contributed by atoms with Crippen LogP contribution in [0.5, 0.6) is 0 Å². The Kier molecular flexibility index (Phi) is 10.5. The van der Waals surface area contributed by atoms with Crippen LogP contribution in [-0.2, 0) is 28.5 Å². The smallest absolute Gasteiger partial charge is 0.409 e. The SMILES string of the molecule is COC(=O)C(NC(=O)OC(C)(C)C)SSC(NC(=O)OC(C)(C)C)C(=O)OC. The Morgan fingerprint density at radius 1 is 0.679 bits per heavy atom. The summed E-state index contributed by atoms with van der Waals surface area (Å²) in [5.41, 5.74) is -1.54. The summed E-state index contributed by atoms with van der Waals surface area (Å²) in [7, 11) is 3.85. The van der Waals surface area contributed by atoms with Crippen LogP contribution < -0.4 is 10.6 Å². The summed E-state index contributed by atoms with van der Waals surface area (Å²) >= 11 is 0. The van der Waals surface area contributed by atoms with E-state index >= 15 is 0 Å². The zero-order valence-electron chi connectivity index (χ0n) is 17.2. The first-order valence-corrected chi connectivity index (χ1v) is 10.4. The fraction of sp³-hybridized carbons (Fsp3) is 0.750. The van der Waals surface area contributed by atoms with Crippen LogP contribution in [0, 0.1) is 0 Å². The number of hydrogen-bond acceptors (Lipinski definition) is 10. The summed E-state index contributed by atoms with van der Waals surface area (Å²) in [5, 5.41) is 2.28. The third kappa shape index (κ3) is 11.8. The van der Waals surface area contributed by atoms with Gasteiger partial charge in [0.15, 0.2) is 10.7 Å². The lowest BCUT2D eigenvalue weighted by Gasteiger charge is -2.24. The molecule has 28 heavy (non-hydrogen) atoms. The van der Waals surface area contributed by atoms with Crippen LogP contribution in [0.2, 0.25) is 0 Å². The molecule has 0 saturated heterocycles. The molecule has 0 aromatic heterocycles. The van der Waals surface area contributed by atoms with Gasteiger partial charge in [0.2, 0.25) is 0 Å². The van der Waals surface area contributed by atoms with E-state index in [-0.39, 0.29) is 0 Å².